The molecule has 2 rings (SSSR count). The van der Waals surface area contributed by atoms with Crippen LogP contribution in [-0.2, 0) is 17.8 Å². The number of benzene rings is 1. The van der Waals surface area contributed by atoms with Gasteiger partial charge in [-0.25, -0.2) is 0 Å². The van der Waals surface area contributed by atoms with Gasteiger partial charge in [0.15, 0.2) is 0 Å². The second-order valence-corrected chi connectivity index (χ2v) is 4.71. The summed E-state index contributed by atoms with van der Waals surface area (Å²) in [5, 5.41) is 3.32. The average molecular weight is 257 g/mol. The van der Waals surface area contributed by atoms with E-state index in [0.717, 1.165) is 23.5 Å². The molecule has 0 unspecified atom stereocenters. The third-order valence-corrected chi connectivity index (χ3v) is 2.95. The Kier molecular flexibility index (Phi) is 4.23. The highest BCUT2D eigenvalue weighted by molar-refractivity contribution is 5.78. The van der Waals surface area contributed by atoms with Gasteiger partial charge >= 0.3 is 0 Å². The zero-order valence-electron chi connectivity index (χ0n) is 11.3. The molecule has 4 nitrogen and oxygen atoms in total. The molecule has 100 valence electrons. The quantitative estimate of drug-likeness (QED) is 0.863. The second-order valence-electron chi connectivity index (χ2n) is 4.71. The van der Waals surface area contributed by atoms with Crippen LogP contribution in [0.5, 0.6) is 0 Å². The number of rotatable bonds is 5. The summed E-state index contributed by atoms with van der Waals surface area (Å²) in [6, 6.07) is 12.0. The molecule has 4 heteroatoms. The van der Waals surface area contributed by atoms with Crippen LogP contribution < -0.4 is 5.32 Å². The number of hydrogen-bond acceptors (Lipinski definition) is 2. The van der Waals surface area contributed by atoms with Crippen LogP contribution in [0.4, 0.5) is 5.69 Å². The van der Waals surface area contributed by atoms with Crippen LogP contribution in [0.2, 0.25) is 0 Å². The van der Waals surface area contributed by atoms with Gasteiger partial charge < -0.3 is 15.2 Å². The maximum absolute atomic E-state index is 11.6. The van der Waals surface area contributed by atoms with Gasteiger partial charge in [0.2, 0.25) is 5.91 Å². The molecule has 0 saturated carbocycles. The van der Waals surface area contributed by atoms with Gasteiger partial charge in [-0.05, 0) is 29.8 Å². The Hall–Kier alpha value is -2.23. The molecule has 0 aliphatic rings. The monoisotopic (exact) mass is 257 g/mol. The standard InChI is InChI=1S/C15H19N3O/c1-18(2)15(19)10-12-5-7-13(8-6-12)17-11-14-4-3-9-16-14/h3-9,16-17H,10-11H2,1-2H3. The van der Waals surface area contributed by atoms with Gasteiger partial charge in [-0.2, -0.15) is 0 Å². The summed E-state index contributed by atoms with van der Waals surface area (Å²) in [5.41, 5.74) is 3.23. The molecule has 2 N–H and O–H groups in total. The fraction of sp³-hybridized carbons (Fsp3) is 0.267. The number of aromatic nitrogens is 1. The minimum Gasteiger partial charge on any atom is -0.379 e. The van der Waals surface area contributed by atoms with Gasteiger partial charge in [-0.15, -0.1) is 0 Å². The molecule has 0 aliphatic heterocycles. The highest BCUT2D eigenvalue weighted by atomic mass is 16.2. The van der Waals surface area contributed by atoms with Crippen molar-refractivity contribution in [1.29, 1.82) is 0 Å². The molecule has 0 aliphatic carbocycles. The fourth-order valence-electron chi connectivity index (χ4n) is 1.75. The van der Waals surface area contributed by atoms with E-state index in [1.54, 1.807) is 19.0 Å². The van der Waals surface area contributed by atoms with Crippen molar-refractivity contribution < 1.29 is 4.79 Å². The number of carbonyl (C=O) groups excluding carboxylic acids is 1. The topological polar surface area (TPSA) is 48.1 Å². The number of amides is 1. The third kappa shape index (κ3) is 3.88. The first kappa shape index (κ1) is 13.2. The van der Waals surface area contributed by atoms with Crippen LogP contribution in [0.25, 0.3) is 0 Å². The number of carbonyl (C=O) groups is 1. The highest BCUT2D eigenvalue weighted by Gasteiger charge is 2.05. The van der Waals surface area contributed by atoms with Crippen LogP contribution in [0, 0.1) is 0 Å². The normalized spacial score (nSPS) is 10.2. The Bertz CT molecular complexity index is 515. The third-order valence-electron chi connectivity index (χ3n) is 2.95. The number of H-pyrrole nitrogens is 1. The van der Waals surface area contributed by atoms with E-state index in [1.165, 1.54) is 0 Å². The predicted octanol–water partition coefficient (Wildman–Crippen LogP) is 2.26. The number of aromatic amines is 1. The molecule has 1 aromatic carbocycles. The van der Waals surface area contributed by atoms with E-state index in [2.05, 4.69) is 10.3 Å². The average Bonchev–Trinajstić information content (AvgIpc) is 2.91. The van der Waals surface area contributed by atoms with Gasteiger partial charge in [0.25, 0.3) is 0 Å². The molecule has 2 aromatic rings. The summed E-state index contributed by atoms with van der Waals surface area (Å²) in [5.74, 6) is 0.118. The largest absolute Gasteiger partial charge is 0.379 e. The van der Waals surface area contributed by atoms with Crippen LogP contribution in [0.15, 0.2) is 42.6 Å². The van der Waals surface area contributed by atoms with E-state index < -0.39 is 0 Å². The molecule has 1 aromatic heterocycles. The van der Waals surface area contributed by atoms with E-state index in [1.807, 2.05) is 42.6 Å². The van der Waals surface area contributed by atoms with Crippen molar-refractivity contribution in [2.45, 2.75) is 13.0 Å². The van der Waals surface area contributed by atoms with Crippen LogP contribution in [0.1, 0.15) is 11.3 Å². The van der Waals surface area contributed by atoms with E-state index >= 15 is 0 Å². The Balaban J connectivity index is 1.89. The molecule has 0 saturated heterocycles. The Morgan fingerprint density at radius 2 is 1.95 bits per heavy atom. The second kappa shape index (κ2) is 6.09. The predicted molar refractivity (Wildman–Crippen MR) is 77.0 cm³/mol. The van der Waals surface area contributed by atoms with Crippen molar-refractivity contribution in [1.82, 2.24) is 9.88 Å². The number of nitrogens with zero attached hydrogens (tertiary/aromatic N) is 1. The summed E-state index contributed by atoms with van der Waals surface area (Å²) < 4.78 is 0. The molecule has 0 spiro atoms. The van der Waals surface area contributed by atoms with Gasteiger partial charge in [-0.1, -0.05) is 12.1 Å². The minimum atomic E-state index is 0.118. The summed E-state index contributed by atoms with van der Waals surface area (Å²) in [6.45, 7) is 0.767. The Morgan fingerprint density at radius 1 is 1.21 bits per heavy atom. The number of anilines is 1. The fourth-order valence-corrected chi connectivity index (χ4v) is 1.75. The van der Waals surface area contributed by atoms with Crippen molar-refractivity contribution in [3.05, 3.63) is 53.9 Å². The lowest BCUT2D eigenvalue weighted by Crippen LogP contribution is -2.23. The van der Waals surface area contributed by atoms with Crippen molar-refractivity contribution in [2.24, 2.45) is 0 Å². The van der Waals surface area contributed by atoms with Crippen molar-refractivity contribution in [3.8, 4) is 0 Å². The van der Waals surface area contributed by atoms with Gasteiger partial charge in [0, 0.05) is 31.7 Å². The molecular weight excluding hydrogens is 238 g/mol. The zero-order chi connectivity index (χ0) is 13.7. The van der Waals surface area contributed by atoms with Crippen molar-refractivity contribution in [3.63, 3.8) is 0 Å². The first-order valence-corrected chi connectivity index (χ1v) is 6.30. The molecule has 0 fully saturated rings. The molecule has 0 radical (unpaired) electrons. The molecular formula is C15H19N3O. The Labute approximate surface area is 113 Å². The van der Waals surface area contributed by atoms with Crippen LogP contribution in [0.3, 0.4) is 0 Å². The van der Waals surface area contributed by atoms with E-state index in [9.17, 15) is 4.79 Å². The van der Waals surface area contributed by atoms with E-state index in [0.29, 0.717) is 6.42 Å². The van der Waals surface area contributed by atoms with Crippen LogP contribution in [-0.4, -0.2) is 29.9 Å². The maximum atomic E-state index is 11.6. The van der Waals surface area contributed by atoms with Gasteiger partial charge in [-0.3, -0.25) is 4.79 Å². The zero-order valence-corrected chi connectivity index (χ0v) is 11.3. The van der Waals surface area contributed by atoms with Crippen molar-refractivity contribution >= 4 is 11.6 Å². The minimum absolute atomic E-state index is 0.118. The molecule has 1 heterocycles. The molecule has 19 heavy (non-hydrogen) atoms. The lowest BCUT2D eigenvalue weighted by molar-refractivity contribution is -0.127. The molecule has 0 bridgehead atoms. The van der Waals surface area contributed by atoms with Crippen molar-refractivity contribution in [2.75, 3.05) is 19.4 Å². The number of hydrogen-bond donors (Lipinski definition) is 2. The van der Waals surface area contributed by atoms with E-state index in [-0.39, 0.29) is 5.91 Å². The molecule has 1 amide bonds. The first-order chi connectivity index (χ1) is 9.15. The number of nitrogens with one attached hydrogen (secondary N) is 2. The lowest BCUT2D eigenvalue weighted by atomic mass is 10.1. The van der Waals surface area contributed by atoms with E-state index in [4.69, 9.17) is 0 Å². The smallest absolute Gasteiger partial charge is 0.226 e. The SMILES string of the molecule is CN(C)C(=O)Cc1ccc(NCc2ccc[nH]2)cc1. The lowest BCUT2D eigenvalue weighted by Gasteiger charge is -2.10. The van der Waals surface area contributed by atoms with Gasteiger partial charge in [0.05, 0.1) is 13.0 Å². The maximum Gasteiger partial charge on any atom is 0.226 e. The highest BCUT2D eigenvalue weighted by Crippen LogP contribution is 2.11. The van der Waals surface area contributed by atoms with Crippen LogP contribution >= 0.6 is 0 Å². The summed E-state index contributed by atoms with van der Waals surface area (Å²) in [4.78, 5) is 16.3. The molecule has 0 atom stereocenters. The summed E-state index contributed by atoms with van der Waals surface area (Å²) in [6.07, 6.45) is 2.36. The summed E-state index contributed by atoms with van der Waals surface area (Å²) >= 11 is 0. The first-order valence-electron chi connectivity index (χ1n) is 6.30. The number of likely N-dealkylation sites (N-methyl/N-ethyl adjacent to an activating group) is 1. The summed E-state index contributed by atoms with van der Waals surface area (Å²) in [7, 11) is 3.54. The Morgan fingerprint density at radius 3 is 2.53 bits per heavy atom. The van der Waals surface area contributed by atoms with Gasteiger partial charge in [0.1, 0.15) is 0 Å².